The average Bonchev–Trinajstić information content (AvgIpc) is 2.65. The van der Waals surface area contributed by atoms with E-state index in [9.17, 15) is 9.59 Å². The van der Waals surface area contributed by atoms with Gasteiger partial charge in [0.25, 0.3) is 0 Å². The van der Waals surface area contributed by atoms with Crippen LogP contribution in [0.5, 0.6) is 0 Å². The normalized spacial score (nSPS) is 10.4. The van der Waals surface area contributed by atoms with Crippen LogP contribution in [-0.2, 0) is 9.53 Å². The Bertz CT molecular complexity index is 483. The lowest BCUT2D eigenvalue weighted by Gasteiger charge is -2.07. The third-order valence-electron chi connectivity index (χ3n) is 2.83. The number of hydrogen-bond acceptors (Lipinski definition) is 5. The minimum Gasteiger partial charge on any atom is -0.462 e. The molecule has 0 saturated carbocycles. The lowest BCUT2D eigenvalue weighted by atomic mass is 10.1. The molecular formula is C14H22N2O3S. The summed E-state index contributed by atoms with van der Waals surface area (Å²) in [5.74, 6) is -0.531. The summed E-state index contributed by atoms with van der Waals surface area (Å²) in [5, 5.41) is 6.38. The number of anilines is 1. The van der Waals surface area contributed by atoms with Crippen LogP contribution >= 0.6 is 11.3 Å². The highest BCUT2D eigenvalue weighted by Gasteiger charge is 2.21. The van der Waals surface area contributed by atoms with E-state index in [0.29, 0.717) is 17.2 Å². The molecular weight excluding hydrogens is 276 g/mol. The molecule has 1 heterocycles. The maximum atomic E-state index is 12.0. The fraction of sp³-hybridized carbons (Fsp3) is 0.571. The molecule has 0 saturated heterocycles. The highest BCUT2D eigenvalue weighted by Crippen LogP contribution is 2.32. The van der Waals surface area contributed by atoms with Crippen molar-refractivity contribution < 1.29 is 14.3 Å². The van der Waals surface area contributed by atoms with E-state index in [1.54, 1.807) is 6.92 Å². The van der Waals surface area contributed by atoms with E-state index < -0.39 is 0 Å². The number of ether oxygens (including phenoxy) is 1. The summed E-state index contributed by atoms with van der Waals surface area (Å²) in [6, 6.07) is 0. The van der Waals surface area contributed by atoms with Crippen LogP contribution in [0.2, 0.25) is 0 Å². The Morgan fingerprint density at radius 1 is 1.25 bits per heavy atom. The Balaban J connectivity index is 2.81. The molecule has 20 heavy (non-hydrogen) atoms. The van der Waals surface area contributed by atoms with Gasteiger partial charge in [-0.15, -0.1) is 11.3 Å². The standard InChI is InChI=1S/C14H22N2O3S/c1-5-7-15-8-11(17)16-13-12(14(18)19-6-2)9(3)10(4)20-13/h15H,5-8H2,1-4H3,(H,16,17). The van der Waals surface area contributed by atoms with Gasteiger partial charge in [-0.25, -0.2) is 4.79 Å². The number of esters is 1. The second kappa shape index (κ2) is 8.01. The monoisotopic (exact) mass is 298 g/mol. The van der Waals surface area contributed by atoms with Gasteiger partial charge in [-0.1, -0.05) is 6.92 Å². The number of carbonyl (C=O) groups excluding carboxylic acids is 2. The van der Waals surface area contributed by atoms with Gasteiger partial charge in [-0.3, -0.25) is 4.79 Å². The number of rotatable bonds is 7. The van der Waals surface area contributed by atoms with Gasteiger partial charge in [0.1, 0.15) is 5.00 Å². The highest BCUT2D eigenvalue weighted by molar-refractivity contribution is 7.16. The van der Waals surface area contributed by atoms with Crippen LogP contribution < -0.4 is 10.6 Å². The smallest absolute Gasteiger partial charge is 0.341 e. The van der Waals surface area contributed by atoms with Crippen LogP contribution in [0.3, 0.4) is 0 Å². The Morgan fingerprint density at radius 3 is 2.55 bits per heavy atom. The number of amides is 1. The summed E-state index contributed by atoms with van der Waals surface area (Å²) < 4.78 is 5.04. The molecule has 0 unspecified atom stereocenters. The van der Waals surface area contributed by atoms with Crippen LogP contribution in [0.15, 0.2) is 0 Å². The number of aryl methyl sites for hydroxylation is 1. The minimum atomic E-state index is -0.383. The maximum absolute atomic E-state index is 12.0. The predicted octanol–water partition coefficient (Wildman–Crippen LogP) is 2.48. The predicted molar refractivity (Wildman–Crippen MR) is 81.5 cm³/mol. The molecule has 0 aliphatic carbocycles. The summed E-state index contributed by atoms with van der Waals surface area (Å²) in [4.78, 5) is 24.8. The molecule has 0 aliphatic heterocycles. The van der Waals surface area contributed by atoms with E-state index in [1.165, 1.54) is 11.3 Å². The van der Waals surface area contributed by atoms with Gasteiger partial charge in [0.2, 0.25) is 5.91 Å². The summed E-state index contributed by atoms with van der Waals surface area (Å²) >= 11 is 1.40. The van der Waals surface area contributed by atoms with Crippen molar-refractivity contribution in [2.75, 3.05) is 25.0 Å². The summed E-state index contributed by atoms with van der Waals surface area (Å²) in [6.45, 7) is 8.94. The molecule has 0 aliphatic rings. The second-order valence-electron chi connectivity index (χ2n) is 4.43. The van der Waals surface area contributed by atoms with E-state index in [0.717, 1.165) is 23.4 Å². The molecule has 5 nitrogen and oxygen atoms in total. The fourth-order valence-corrected chi connectivity index (χ4v) is 2.78. The average molecular weight is 298 g/mol. The molecule has 0 spiro atoms. The molecule has 112 valence electrons. The topological polar surface area (TPSA) is 67.4 Å². The first-order valence-electron chi connectivity index (χ1n) is 6.78. The van der Waals surface area contributed by atoms with Crippen LogP contribution in [0.25, 0.3) is 0 Å². The Kier molecular flexibility index (Phi) is 6.67. The number of thiophene rings is 1. The Labute approximate surface area is 123 Å². The van der Waals surface area contributed by atoms with E-state index in [1.807, 2.05) is 20.8 Å². The third-order valence-corrected chi connectivity index (χ3v) is 3.95. The first kappa shape index (κ1) is 16.7. The van der Waals surface area contributed by atoms with Crippen molar-refractivity contribution >= 4 is 28.2 Å². The molecule has 6 heteroatoms. The van der Waals surface area contributed by atoms with E-state index >= 15 is 0 Å². The second-order valence-corrected chi connectivity index (χ2v) is 5.66. The van der Waals surface area contributed by atoms with Crippen LogP contribution in [0.1, 0.15) is 41.1 Å². The number of carbonyl (C=O) groups is 2. The number of nitrogens with one attached hydrogen (secondary N) is 2. The Hall–Kier alpha value is -1.40. The summed E-state index contributed by atoms with van der Waals surface area (Å²) in [5.41, 5.74) is 1.34. The van der Waals surface area contributed by atoms with Crippen molar-refractivity contribution in [3.05, 3.63) is 16.0 Å². The molecule has 1 aromatic heterocycles. The molecule has 0 aromatic carbocycles. The summed E-state index contributed by atoms with van der Waals surface area (Å²) in [6.07, 6.45) is 0.971. The van der Waals surface area contributed by atoms with Gasteiger partial charge >= 0.3 is 5.97 Å². The first-order valence-corrected chi connectivity index (χ1v) is 7.60. The van der Waals surface area contributed by atoms with Crippen LogP contribution in [-0.4, -0.2) is 31.6 Å². The quantitative estimate of drug-likeness (QED) is 0.599. The van der Waals surface area contributed by atoms with Crippen molar-refractivity contribution in [1.29, 1.82) is 0 Å². The van der Waals surface area contributed by atoms with Crippen molar-refractivity contribution in [1.82, 2.24) is 5.32 Å². The molecule has 0 radical (unpaired) electrons. The molecule has 0 fully saturated rings. The summed E-state index contributed by atoms with van der Waals surface area (Å²) in [7, 11) is 0. The highest BCUT2D eigenvalue weighted by atomic mass is 32.1. The maximum Gasteiger partial charge on any atom is 0.341 e. The van der Waals surface area contributed by atoms with Gasteiger partial charge in [-0.2, -0.15) is 0 Å². The lowest BCUT2D eigenvalue weighted by molar-refractivity contribution is -0.115. The van der Waals surface area contributed by atoms with Gasteiger partial charge in [0, 0.05) is 4.88 Å². The molecule has 2 N–H and O–H groups in total. The largest absolute Gasteiger partial charge is 0.462 e. The van der Waals surface area contributed by atoms with Crippen molar-refractivity contribution in [2.45, 2.75) is 34.1 Å². The molecule has 0 atom stereocenters. The fourth-order valence-electron chi connectivity index (χ4n) is 1.71. The Morgan fingerprint density at radius 2 is 1.95 bits per heavy atom. The SMILES string of the molecule is CCCNCC(=O)Nc1sc(C)c(C)c1C(=O)OCC. The van der Waals surface area contributed by atoms with Crippen molar-refractivity contribution in [2.24, 2.45) is 0 Å². The van der Waals surface area contributed by atoms with Crippen LogP contribution in [0.4, 0.5) is 5.00 Å². The lowest BCUT2D eigenvalue weighted by Crippen LogP contribution is -2.28. The molecule has 1 rings (SSSR count). The zero-order chi connectivity index (χ0) is 15.1. The van der Waals surface area contributed by atoms with Gasteiger partial charge in [0.05, 0.1) is 18.7 Å². The van der Waals surface area contributed by atoms with Gasteiger partial charge in [-0.05, 0) is 39.3 Å². The van der Waals surface area contributed by atoms with Gasteiger partial charge in [0.15, 0.2) is 0 Å². The number of hydrogen-bond donors (Lipinski definition) is 2. The van der Waals surface area contributed by atoms with Crippen molar-refractivity contribution in [3.8, 4) is 0 Å². The zero-order valence-electron chi connectivity index (χ0n) is 12.5. The van der Waals surface area contributed by atoms with E-state index in [4.69, 9.17) is 4.74 Å². The molecule has 1 amide bonds. The van der Waals surface area contributed by atoms with E-state index in [2.05, 4.69) is 10.6 Å². The minimum absolute atomic E-state index is 0.148. The van der Waals surface area contributed by atoms with Crippen molar-refractivity contribution in [3.63, 3.8) is 0 Å². The zero-order valence-corrected chi connectivity index (χ0v) is 13.3. The molecule has 0 bridgehead atoms. The van der Waals surface area contributed by atoms with E-state index in [-0.39, 0.29) is 18.4 Å². The van der Waals surface area contributed by atoms with Crippen LogP contribution in [0, 0.1) is 13.8 Å². The molecule has 1 aromatic rings. The first-order chi connectivity index (χ1) is 9.51. The van der Waals surface area contributed by atoms with Gasteiger partial charge < -0.3 is 15.4 Å². The third kappa shape index (κ3) is 4.31.